The van der Waals surface area contributed by atoms with Gasteiger partial charge in [-0.1, -0.05) is 54.6 Å². The number of aryl methyl sites for hydroxylation is 2. The van der Waals surface area contributed by atoms with Crippen molar-refractivity contribution in [3.8, 4) is 22.6 Å². The van der Waals surface area contributed by atoms with Crippen molar-refractivity contribution in [2.75, 3.05) is 25.7 Å². The molecule has 4 nitrogen and oxygen atoms in total. The molecule has 33 heavy (non-hydrogen) atoms. The third-order valence-electron chi connectivity index (χ3n) is 6.23. The quantitative estimate of drug-likeness (QED) is 0.272. The van der Waals surface area contributed by atoms with E-state index in [1.54, 1.807) is 14.2 Å². The fourth-order valence-electron chi connectivity index (χ4n) is 4.32. The molecule has 0 radical (unpaired) electrons. The Morgan fingerprint density at radius 3 is 1.52 bits per heavy atom. The zero-order valence-corrected chi connectivity index (χ0v) is 19.6. The first-order chi connectivity index (χ1) is 15.9. The Balaban J connectivity index is 1.94. The molecule has 0 unspecified atom stereocenters. The van der Waals surface area contributed by atoms with Crippen LogP contribution in [0.25, 0.3) is 11.1 Å². The van der Waals surface area contributed by atoms with Crippen LogP contribution in [0.3, 0.4) is 0 Å². The molecule has 0 heterocycles. The van der Waals surface area contributed by atoms with Gasteiger partial charge in [0.2, 0.25) is 0 Å². The van der Waals surface area contributed by atoms with Gasteiger partial charge >= 0.3 is 0 Å². The summed E-state index contributed by atoms with van der Waals surface area (Å²) in [4.78, 5) is 0. The maximum Gasteiger partial charge on any atom is 0.119 e. The fraction of sp³-hybridized carbons (Fsp3) is 0.172. The number of benzene rings is 4. The highest BCUT2D eigenvalue weighted by Crippen LogP contribution is 2.43. The van der Waals surface area contributed by atoms with E-state index in [1.165, 1.54) is 5.56 Å². The molecule has 0 bridgehead atoms. The summed E-state index contributed by atoms with van der Waals surface area (Å²) in [5, 5.41) is 0. The Kier molecular flexibility index (Phi) is 6.27. The van der Waals surface area contributed by atoms with Gasteiger partial charge in [-0.05, 0) is 77.1 Å². The van der Waals surface area contributed by atoms with Crippen LogP contribution in [0.5, 0.6) is 11.5 Å². The van der Waals surface area contributed by atoms with Gasteiger partial charge in [0, 0.05) is 17.3 Å². The molecule has 0 saturated carbocycles. The lowest BCUT2D eigenvalue weighted by molar-refractivity contribution is 0.413. The number of hydrogen-bond acceptors (Lipinski definition) is 4. The summed E-state index contributed by atoms with van der Waals surface area (Å²) in [7, 11) is 3.34. The van der Waals surface area contributed by atoms with Crippen molar-refractivity contribution < 1.29 is 9.47 Å². The van der Waals surface area contributed by atoms with E-state index in [0.29, 0.717) is 0 Å². The summed E-state index contributed by atoms with van der Waals surface area (Å²) in [6, 6.07) is 26.8. The zero-order valence-electron chi connectivity index (χ0n) is 19.6. The van der Waals surface area contributed by atoms with Crippen LogP contribution in [0.2, 0.25) is 0 Å². The standard InChI is InChI=1S/C29H30N2O2/c1-18-14-23(32-3)16-25(28(18)30)27(26-17-24(33-4)15-19(2)29(26)31)22-12-10-21(11-13-22)20-8-6-5-7-9-20/h5-17,27H,30-31H2,1-4H3. The molecule has 168 valence electrons. The number of nitrogens with two attached hydrogens (primary N) is 2. The summed E-state index contributed by atoms with van der Waals surface area (Å²) in [5.41, 5.74) is 22.0. The highest BCUT2D eigenvalue weighted by Gasteiger charge is 2.25. The highest BCUT2D eigenvalue weighted by molar-refractivity contribution is 5.70. The van der Waals surface area contributed by atoms with Crippen molar-refractivity contribution in [1.82, 2.24) is 0 Å². The van der Waals surface area contributed by atoms with Crippen LogP contribution in [0, 0.1) is 13.8 Å². The predicted octanol–water partition coefficient (Wildman–Crippen LogP) is 6.33. The van der Waals surface area contributed by atoms with Gasteiger partial charge in [-0.2, -0.15) is 0 Å². The van der Waals surface area contributed by atoms with Crippen LogP contribution in [-0.4, -0.2) is 14.2 Å². The predicted molar refractivity (Wildman–Crippen MR) is 137 cm³/mol. The molecule has 0 atom stereocenters. The fourth-order valence-corrected chi connectivity index (χ4v) is 4.32. The molecule has 4 aromatic carbocycles. The molecule has 0 spiro atoms. The summed E-state index contributed by atoms with van der Waals surface area (Å²) in [6.07, 6.45) is 0. The van der Waals surface area contributed by atoms with E-state index < -0.39 is 0 Å². The average molecular weight is 439 g/mol. The lowest BCUT2D eigenvalue weighted by Crippen LogP contribution is -2.11. The Hall–Kier alpha value is -3.92. The zero-order chi connectivity index (χ0) is 23.5. The van der Waals surface area contributed by atoms with Gasteiger partial charge in [0.25, 0.3) is 0 Å². The molecule has 0 aliphatic rings. The second-order valence-corrected chi connectivity index (χ2v) is 8.32. The van der Waals surface area contributed by atoms with Crippen LogP contribution < -0.4 is 20.9 Å². The van der Waals surface area contributed by atoms with Gasteiger partial charge in [-0.3, -0.25) is 0 Å². The number of rotatable bonds is 6. The monoisotopic (exact) mass is 438 g/mol. The van der Waals surface area contributed by atoms with Gasteiger partial charge in [0.1, 0.15) is 11.5 Å². The molecular weight excluding hydrogens is 408 g/mol. The van der Waals surface area contributed by atoms with E-state index in [-0.39, 0.29) is 5.92 Å². The second kappa shape index (κ2) is 9.29. The van der Waals surface area contributed by atoms with E-state index in [0.717, 1.165) is 56.3 Å². The van der Waals surface area contributed by atoms with Crippen molar-refractivity contribution in [2.24, 2.45) is 0 Å². The maximum atomic E-state index is 6.63. The number of ether oxygens (including phenoxy) is 2. The molecule has 0 fully saturated rings. The van der Waals surface area contributed by atoms with Crippen LogP contribution >= 0.6 is 0 Å². The molecule has 4 heteroatoms. The van der Waals surface area contributed by atoms with E-state index in [9.17, 15) is 0 Å². The summed E-state index contributed by atoms with van der Waals surface area (Å²) in [5.74, 6) is 1.35. The van der Waals surface area contributed by atoms with Crippen molar-refractivity contribution in [1.29, 1.82) is 0 Å². The smallest absolute Gasteiger partial charge is 0.119 e. The molecule has 0 amide bonds. The van der Waals surface area contributed by atoms with E-state index in [2.05, 4.69) is 36.4 Å². The lowest BCUT2D eigenvalue weighted by atomic mass is 9.81. The second-order valence-electron chi connectivity index (χ2n) is 8.32. The van der Waals surface area contributed by atoms with Gasteiger partial charge in [0.05, 0.1) is 14.2 Å². The van der Waals surface area contributed by atoms with Gasteiger partial charge in [-0.15, -0.1) is 0 Å². The van der Waals surface area contributed by atoms with Crippen molar-refractivity contribution in [3.05, 3.63) is 107 Å². The van der Waals surface area contributed by atoms with E-state index >= 15 is 0 Å². The topological polar surface area (TPSA) is 70.5 Å². The van der Waals surface area contributed by atoms with Gasteiger partial charge in [0.15, 0.2) is 0 Å². The molecule has 0 aromatic heterocycles. The van der Waals surface area contributed by atoms with Crippen LogP contribution in [-0.2, 0) is 0 Å². The average Bonchev–Trinajstić information content (AvgIpc) is 2.85. The first-order valence-electron chi connectivity index (χ1n) is 11.0. The van der Waals surface area contributed by atoms with Gasteiger partial charge in [-0.25, -0.2) is 0 Å². The Labute approximate surface area is 195 Å². The normalized spacial score (nSPS) is 10.9. The summed E-state index contributed by atoms with van der Waals surface area (Å²) in [6.45, 7) is 3.99. The molecule has 4 N–H and O–H groups in total. The number of hydrogen-bond donors (Lipinski definition) is 2. The third kappa shape index (κ3) is 4.37. The number of nitrogen functional groups attached to an aromatic ring is 2. The lowest BCUT2D eigenvalue weighted by Gasteiger charge is -2.25. The Bertz CT molecular complexity index is 1210. The first-order valence-corrected chi connectivity index (χ1v) is 11.0. The first kappa shape index (κ1) is 22.3. The minimum absolute atomic E-state index is 0.183. The molecule has 0 aliphatic heterocycles. The molecule has 0 saturated heterocycles. The SMILES string of the molecule is COc1cc(C)c(N)c(C(c2ccc(-c3ccccc3)cc2)c2cc(OC)cc(C)c2N)c1. The minimum Gasteiger partial charge on any atom is -0.497 e. The van der Waals surface area contributed by atoms with E-state index in [4.69, 9.17) is 20.9 Å². The maximum absolute atomic E-state index is 6.63. The van der Waals surface area contributed by atoms with Crippen LogP contribution in [0.15, 0.2) is 78.9 Å². The largest absolute Gasteiger partial charge is 0.497 e. The molecule has 4 rings (SSSR count). The Morgan fingerprint density at radius 1 is 0.606 bits per heavy atom. The molecule has 4 aromatic rings. The third-order valence-corrected chi connectivity index (χ3v) is 6.23. The molecular formula is C29H30N2O2. The van der Waals surface area contributed by atoms with Crippen molar-refractivity contribution >= 4 is 11.4 Å². The number of anilines is 2. The van der Waals surface area contributed by atoms with Crippen molar-refractivity contribution in [3.63, 3.8) is 0 Å². The number of methoxy groups -OCH3 is 2. The van der Waals surface area contributed by atoms with Crippen LogP contribution in [0.1, 0.15) is 33.7 Å². The Morgan fingerprint density at radius 2 is 1.06 bits per heavy atom. The van der Waals surface area contributed by atoms with Gasteiger partial charge < -0.3 is 20.9 Å². The summed E-state index contributed by atoms with van der Waals surface area (Å²) >= 11 is 0. The van der Waals surface area contributed by atoms with E-state index in [1.807, 2.05) is 56.3 Å². The highest BCUT2D eigenvalue weighted by atomic mass is 16.5. The van der Waals surface area contributed by atoms with Crippen molar-refractivity contribution in [2.45, 2.75) is 19.8 Å². The van der Waals surface area contributed by atoms with Crippen LogP contribution in [0.4, 0.5) is 11.4 Å². The molecule has 0 aliphatic carbocycles. The summed E-state index contributed by atoms with van der Waals surface area (Å²) < 4.78 is 11.2. The minimum atomic E-state index is -0.183.